The van der Waals surface area contributed by atoms with E-state index in [9.17, 15) is 15.3 Å². The fraction of sp³-hybridized carbons (Fsp3) is 0.200. The van der Waals surface area contributed by atoms with Crippen molar-refractivity contribution in [3.8, 4) is 23.0 Å². The molecule has 0 fully saturated rings. The molecular weight excluding hydrogens is 216 g/mol. The molecule has 1 aromatic carbocycles. The summed E-state index contributed by atoms with van der Waals surface area (Å²) in [4.78, 5) is 3.87. The predicted molar refractivity (Wildman–Crippen MR) is 54.7 cm³/mol. The van der Waals surface area contributed by atoms with E-state index in [1.165, 1.54) is 13.2 Å². The van der Waals surface area contributed by atoms with Crippen LogP contribution < -0.4 is 9.62 Å². The molecule has 0 radical (unpaired) electrons. The summed E-state index contributed by atoms with van der Waals surface area (Å²) >= 11 is 0. The SMILES string of the molecule is C=CC(O)c1cc(OC)c(OO)c(O)c1O. The van der Waals surface area contributed by atoms with Crippen molar-refractivity contribution >= 4 is 0 Å². The molecule has 0 heterocycles. The molecule has 0 spiro atoms. The zero-order valence-corrected chi connectivity index (χ0v) is 8.54. The molecular formula is C10H12O6. The van der Waals surface area contributed by atoms with E-state index in [0.29, 0.717) is 0 Å². The highest BCUT2D eigenvalue weighted by Crippen LogP contribution is 2.46. The fourth-order valence-electron chi connectivity index (χ4n) is 1.23. The van der Waals surface area contributed by atoms with Crippen molar-refractivity contribution in [2.75, 3.05) is 7.11 Å². The van der Waals surface area contributed by atoms with E-state index in [1.807, 2.05) is 0 Å². The van der Waals surface area contributed by atoms with Crippen LogP contribution in [-0.2, 0) is 0 Å². The monoisotopic (exact) mass is 228 g/mol. The first-order valence-electron chi connectivity index (χ1n) is 4.31. The summed E-state index contributed by atoms with van der Waals surface area (Å²) in [5.74, 6) is -1.80. The summed E-state index contributed by atoms with van der Waals surface area (Å²) < 4.78 is 4.81. The summed E-state index contributed by atoms with van der Waals surface area (Å²) in [5, 5.41) is 37.0. The highest BCUT2D eigenvalue weighted by atomic mass is 17.1. The van der Waals surface area contributed by atoms with E-state index in [2.05, 4.69) is 11.5 Å². The molecule has 0 amide bonds. The summed E-state index contributed by atoms with van der Waals surface area (Å²) in [7, 11) is 1.28. The maximum Gasteiger partial charge on any atom is 0.252 e. The molecule has 0 aliphatic heterocycles. The van der Waals surface area contributed by atoms with Crippen molar-refractivity contribution in [3.05, 3.63) is 24.3 Å². The molecule has 88 valence electrons. The normalized spacial score (nSPS) is 11.9. The van der Waals surface area contributed by atoms with Crippen molar-refractivity contribution in [1.29, 1.82) is 0 Å². The van der Waals surface area contributed by atoms with Crippen LogP contribution in [-0.4, -0.2) is 27.7 Å². The van der Waals surface area contributed by atoms with Gasteiger partial charge in [-0.05, 0) is 6.07 Å². The molecule has 1 rings (SSSR count). The Morgan fingerprint density at radius 1 is 1.38 bits per heavy atom. The number of hydrogen-bond donors (Lipinski definition) is 4. The Kier molecular flexibility index (Phi) is 3.60. The number of aliphatic hydroxyl groups excluding tert-OH is 1. The molecule has 0 saturated heterocycles. The average Bonchev–Trinajstić information content (AvgIpc) is 2.31. The summed E-state index contributed by atoms with van der Waals surface area (Å²) in [6.07, 6.45) is -0.0134. The van der Waals surface area contributed by atoms with Gasteiger partial charge < -0.3 is 24.9 Å². The second-order valence-corrected chi connectivity index (χ2v) is 2.97. The zero-order valence-electron chi connectivity index (χ0n) is 8.54. The molecule has 6 nitrogen and oxygen atoms in total. The molecule has 0 aliphatic rings. The van der Waals surface area contributed by atoms with Gasteiger partial charge in [-0.25, -0.2) is 5.26 Å². The first-order valence-corrected chi connectivity index (χ1v) is 4.31. The molecule has 1 aromatic rings. The highest BCUT2D eigenvalue weighted by molar-refractivity contribution is 5.62. The van der Waals surface area contributed by atoms with Gasteiger partial charge in [0.05, 0.1) is 7.11 Å². The van der Waals surface area contributed by atoms with Crippen LogP contribution >= 0.6 is 0 Å². The molecule has 0 bridgehead atoms. The molecule has 1 atom stereocenters. The number of phenols is 2. The number of rotatable bonds is 4. The van der Waals surface area contributed by atoms with Crippen molar-refractivity contribution in [2.45, 2.75) is 6.10 Å². The van der Waals surface area contributed by atoms with E-state index in [-0.39, 0.29) is 11.3 Å². The van der Waals surface area contributed by atoms with Gasteiger partial charge in [0.25, 0.3) is 5.75 Å². The van der Waals surface area contributed by atoms with Crippen LogP contribution in [0.1, 0.15) is 11.7 Å². The zero-order chi connectivity index (χ0) is 12.3. The third-order valence-electron chi connectivity index (χ3n) is 2.08. The second kappa shape index (κ2) is 4.73. The van der Waals surface area contributed by atoms with Crippen LogP contribution in [0.5, 0.6) is 23.0 Å². The van der Waals surface area contributed by atoms with Crippen LogP contribution in [0.15, 0.2) is 18.7 Å². The molecule has 6 heteroatoms. The first-order chi connectivity index (χ1) is 7.56. The number of phenolic OH excluding ortho intramolecular Hbond substituents is 2. The summed E-state index contributed by atoms with van der Waals surface area (Å²) in [6.45, 7) is 3.34. The third-order valence-corrected chi connectivity index (χ3v) is 2.08. The van der Waals surface area contributed by atoms with Crippen LogP contribution in [0, 0.1) is 0 Å². The van der Waals surface area contributed by atoms with E-state index < -0.39 is 23.4 Å². The van der Waals surface area contributed by atoms with Gasteiger partial charge in [0.1, 0.15) is 6.10 Å². The average molecular weight is 228 g/mol. The van der Waals surface area contributed by atoms with E-state index in [4.69, 9.17) is 9.99 Å². The van der Waals surface area contributed by atoms with Crippen molar-refractivity contribution in [3.63, 3.8) is 0 Å². The number of ether oxygens (including phenoxy) is 1. The minimum absolute atomic E-state index is 0.00912. The minimum atomic E-state index is -1.17. The van der Waals surface area contributed by atoms with Gasteiger partial charge in [-0.1, -0.05) is 6.08 Å². The molecule has 0 saturated carbocycles. The molecule has 4 N–H and O–H groups in total. The second-order valence-electron chi connectivity index (χ2n) is 2.97. The van der Waals surface area contributed by atoms with Crippen LogP contribution in [0.4, 0.5) is 0 Å². The Labute approximate surface area is 91.5 Å². The summed E-state index contributed by atoms with van der Waals surface area (Å²) in [5.41, 5.74) is -0.00912. The predicted octanol–water partition coefficient (Wildman–Crippen LogP) is 1.18. The largest absolute Gasteiger partial charge is 0.504 e. The lowest BCUT2D eigenvalue weighted by molar-refractivity contribution is -0.140. The van der Waals surface area contributed by atoms with Crippen molar-refractivity contribution < 1.29 is 30.2 Å². The first kappa shape index (κ1) is 12.2. The maximum absolute atomic E-state index is 9.53. The maximum atomic E-state index is 9.53. The molecule has 0 aliphatic carbocycles. The van der Waals surface area contributed by atoms with Crippen LogP contribution in [0.25, 0.3) is 0 Å². The Balaban J connectivity index is 3.43. The van der Waals surface area contributed by atoms with Crippen LogP contribution in [0.2, 0.25) is 0 Å². The Bertz CT molecular complexity index is 401. The van der Waals surface area contributed by atoms with Gasteiger partial charge in [-0.2, -0.15) is 0 Å². The quantitative estimate of drug-likeness (QED) is 0.267. The third kappa shape index (κ3) is 1.88. The lowest BCUT2D eigenvalue weighted by atomic mass is 10.1. The van der Waals surface area contributed by atoms with Gasteiger partial charge in [0, 0.05) is 5.56 Å². The van der Waals surface area contributed by atoms with Gasteiger partial charge in [-0.15, -0.1) is 6.58 Å². The number of aromatic hydroxyl groups is 2. The lowest BCUT2D eigenvalue weighted by Crippen LogP contribution is -1.98. The van der Waals surface area contributed by atoms with Crippen molar-refractivity contribution in [1.82, 2.24) is 0 Å². The van der Waals surface area contributed by atoms with Gasteiger partial charge in [0.2, 0.25) is 5.75 Å². The van der Waals surface area contributed by atoms with Crippen LogP contribution in [0.3, 0.4) is 0 Å². The molecule has 0 aromatic heterocycles. The highest BCUT2D eigenvalue weighted by Gasteiger charge is 2.22. The number of hydrogen-bond acceptors (Lipinski definition) is 6. The summed E-state index contributed by atoms with van der Waals surface area (Å²) in [6, 6.07) is 1.22. The number of aliphatic hydroxyl groups is 1. The molecule has 1 unspecified atom stereocenters. The Morgan fingerprint density at radius 3 is 2.44 bits per heavy atom. The molecule has 16 heavy (non-hydrogen) atoms. The topological polar surface area (TPSA) is 99.4 Å². The van der Waals surface area contributed by atoms with E-state index in [1.54, 1.807) is 0 Å². The fourth-order valence-corrected chi connectivity index (χ4v) is 1.23. The Hall–Kier alpha value is -1.92. The van der Waals surface area contributed by atoms with Gasteiger partial charge >= 0.3 is 0 Å². The van der Waals surface area contributed by atoms with E-state index in [0.717, 1.165) is 6.08 Å². The van der Waals surface area contributed by atoms with E-state index >= 15 is 0 Å². The minimum Gasteiger partial charge on any atom is -0.504 e. The van der Waals surface area contributed by atoms with Gasteiger partial charge in [-0.3, -0.25) is 0 Å². The smallest absolute Gasteiger partial charge is 0.252 e. The van der Waals surface area contributed by atoms with Crippen molar-refractivity contribution in [2.24, 2.45) is 0 Å². The number of methoxy groups -OCH3 is 1. The number of benzene rings is 1. The standard InChI is InChI=1S/C10H12O6/c1-3-6(11)5-4-7(15-2)10(16-14)9(13)8(5)12/h3-4,6,11-14H,1H2,2H3. The lowest BCUT2D eigenvalue weighted by Gasteiger charge is -2.14. The Morgan fingerprint density at radius 2 is 2.00 bits per heavy atom. The van der Waals surface area contributed by atoms with Gasteiger partial charge in [0.15, 0.2) is 11.5 Å².